The Morgan fingerprint density at radius 1 is 0.475 bits per heavy atom. The molecule has 2 aliphatic heterocycles. The number of aromatic nitrogens is 16. The Hall–Kier alpha value is -15.2. The second kappa shape index (κ2) is 44.3. The van der Waals surface area contributed by atoms with Crippen LogP contribution in [0.4, 0.5) is 54.3 Å². The number of ether oxygens (including phenoxy) is 5. The molecular weight excluding hydrogens is 1790 g/mol. The molecule has 1 saturated carbocycles. The van der Waals surface area contributed by atoms with Crippen molar-refractivity contribution in [2.75, 3.05) is 140 Å². The van der Waals surface area contributed by atoms with E-state index in [1.807, 2.05) is 149 Å². The molecule has 8 aromatic heterocycles. The molecule has 1 amide bonds. The molecule has 33 nitrogen and oxygen atoms in total. The number of nitrogens with one attached hydrogen (secondary N) is 3. The summed E-state index contributed by atoms with van der Waals surface area (Å²) in [5.74, 6) is 2.88. The third-order valence-corrected chi connectivity index (χ3v) is 26.2. The molecule has 0 radical (unpaired) electrons. The number of aromatic amines is 1. The Balaban J connectivity index is 0.000000134. The molecule has 16 aromatic rings. The number of fused-ring (bicyclic) bond motifs is 4. The number of H-pyrrole nitrogens is 1. The Bertz CT molecular complexity index is 7110. The average Bonchev–Trinajstić information content (AvgIpc) is 1.77. The van der Waals surface area contributed by atoms with Crippen molar-refractivity contribution in [1.29, 1.82) is 5.26 Å². The van der Waals surface area contributed by atoms with Crippen molar-refractivity contribution < 1.29 is 45.7 Å². The number of carbonyl (C=O) groups excluding carboxylic acids is 1. The number of likely N-dealkylation sites (tertiary alicyclic amines) is 2. The zero-order valence-corrected chi connectivity index (χ0v) is 80.7. The molecule has 19 rings (SSSR count). The van der Waals surface area contributed by atoms with E-state index in [0.29, 0.717) is 72.2 Å². The third kappa shape index (κ3) is 24.6. The molecule has 2 atom stereocenters. The summed E-state index contributed by atoms with van der Waals surface area (Å²) in [5.41, 5.74) is 20.2. The summed E-state index contributed by atoms with van der Waals surface area (Å²) in [6, 6.07) is 47.6. The van der Waals surface area contributed by atoms with Gasteiger partial charge in [-0.15, -0.1) is 0 Å². The Morgan fingerprint density at radius 2 is 0.871 bits per heavy atom. The topological polar surface area (TPSA) is 350 Å². The number of benzene rings is 8. The highest BCUT2D eigenvalue weighted by Crippen LogP contribution is 2.41. The number of aryl methyl sites for hydroxylation is 3. The van der Waals surface area contributed by atoms with Gasteiger partial charge in [-0.1, -0.05) is 13.8 Å². The number of hydrogen-bond acceptors (Lipinski definition) is 28. The van der Waals surface area contributed by atoms with Crippen molar-refractivity contribution in [3.05, 3.63) is 237 Å². The molecule has 0 spiro atoms. The maximum atomic E-state index is 14.5. The summed E-state index contributed by atoms with van der Waals surface area (Å²) in [4.78, 5) is 62.9. The predicted octanol–water partition coefficient (Wildman–Crippen LogP) is 16.5. The van der Waals surface area contributed by atoms with Gasteiger partial charge in [0.05, 0.1) is 169 Å². The number of rotatable bonds is 33. The monoisotopic (exact) mass is 1900 g/mol. The molecule has 0 bridgehead atoms. The van der Waals surface area contributed by atoms with Crippen molar-refractivity contribution in [2.45, 2.75) is 63.7 Å². The van der Waals surface area contributed by atoms with Gasteiger partial charge in [0, 0.05) is 233 Å². The summed E-state index contributed by atoms with van der Waals surface area (Å²) in [6.45, 7) is 12.8. The van der Waals surface area contributed by atoms with E-state index >= 15 is 0 Å². The highest BCUT2D eigenvalue weighted by Gasteiger charge is 2.32. The smallest absolute Gasteiger partial charge is 0.251 e. The second-order valence-electron chi connectivity index (χ2n) is 35.0. The summed E-state index contributed by atoms with van der Waals surface area (Å²) in [7, 11) is 12.2. The number of halogens is 2. The van der Waals surface area contributed by atoms with E-state index in [1.54, 1.807) is 98.1 Å². The Kier molecular flexibility index (Phi) is 30.9. The molecule has 3 fully saturated rings. The van der Waals surface area contributed by atoms with Crippen LogP contribution in [0.25, 0.3) is 89.2 Å². The highest BCUT2D eigenvalue weighted by molar-refractivity contribution is 7.91. The van der Waals surface area contributed by atoms with Crippen LogP contribution in [0.5, 0.6) is 28.7 Å². The molecule has 10 heterocycles. The normalized spacial score (nSPS) is 14.2. The van der Waals surface area contributed by atoms with Crippen LogP contribution in [0.3, 0.4) is 0 Å². The SMILES string of the molecule is CNC(=O)c1cc(F)cc(N(CC2CC2)c2ccc3ncc(-c4cnn(C)c4)nc3c2)c1.COc1cc(F)cc(N(CCCN2CCC(C#N)C2)c2ccc3ncc(-c4cnn(C)c4)nc3c2)c1.COc1cc(OC)cc(N(CCCN2CCC(S(C)(=O)=O)C2)c2ccc3ncc(-c4cnn(C)c4)nc3c2)c1.COc1cc(OC)cc(N(CCNC(C)C)c2ccc3ncc(-c4cn[nH]c4)nc3c2)c1. The first-order chi connectivity index (χ1) is 67.3. The van der Waals surface area contributed by atoms with Crippen molar-refractivity contribution in [1.82, 2.24) is 99.8 Å². The molecule has 2 unspecified atom stereocenters. The van der Waals surface area contributed by atoms with E-state index in [2.05, 4.69) is 118 Å². The van der Waals surface area contributed by atoms with Crippen LogP contribution in [0.15, 0.2) is 220 Å². The summed E-state index contributed by atoms with van der Waals surface area (Å²) in [6.07, 6.45) is 28.5. The fraction of sp³-hybridized carbons (Fsp3) is 0.320. The van der Waals surface area contributed by atoms with Gasteiger partial charge in [-0.05, 0) is 168 Å². The minimum Gasteiger partial charge on any atom is -0.497 e. The lowest BCUT2D eigenvalue weighted by Gasteiger charge is -2.27. The van der Waals surface area contributed by atoms with Gasteiger partial charge in [0.25, 0.3) is 5.91 Å². The molecule has 36 heteroatoms. The van der Waals surface area contributed by atoms with E-state index in [-0.39, 0.29) is 22.9 Å². The zero-order valence-electron chi connectivity index (χ0n) is 79.9. The van der Waals surface area contributed by atoms with E-state index in [4.69, 9.17) is 43.6 Å². The first kappa shape index (κ1) is 96.9. The Morgan fingerprint density at radius 3 is 1.24 bits per heavy atom. The maximum Gasteiger partial charge on any atom is 0.251 e. The van der Waals surface area contributed by atoms with Crippen LogP contribution in [0.2, 0.25) is 0 Å². The average molecular weight is 1900 g/mol. The van der Waals surface area contributed by atoms with Gasteiger partial charge in [-0.3, -0.25) is 43.9 Å². The van der Waals surface area contributed by atoms with Crippen molar-refractivity contribution >= 4 is 105 Å². The first-order valence-electron chi connectivity index (χ1n) is 46.1. The number of anilines is 8. The van der Waals surface area contributed by atoms with E-state index in [1.165, 1.54) is 44.7 Å². The Labute approximate surface area is 805 Å². The van der Waals surface area contributed by atoms with Gasteiger partial charge in [-0.25, -0.2) is 37.1 Å². The minimum atomic E-state index is -3.02. The molecule has 718 valence electrons. The molecule has 139 heavy (non-hydrogen) atoms. The third-order valence-electron chi connectivity index (χ3n) is 24.6. The van der Waals surface area contributed by atoms with Crippen LogP contribution in [0.1, 0.15) is 62.7 Å². The number of nitriles is 1. The van der Waals surface area contributed by atoms with Gasteiger partial charge >= 0.3 is 0 Å². The zero-order chi connectivity index (χ0) is 97.4. The fourth-order valence-corrected chi connectivity index (χ4v) is 18.0. The molecular formula is C103H113F2N25O8S. The van der Waals surface area contributed by atoms with Crippen LogP contribution in [0, 0.1) is 34.8 Å². The fourth-order valence-electron chi connectivity index (χ4n) is 17.0. The van der Waals surface area contributed by atoms with Crippen LogP contribution in [-0.4, -0.2) is 236 Å². The largest absolute Gasteiger partial charge is 0.497 e. The quantitative estimate of drug-likeness (QED) is 0.0344. The van der Waals surface area contributed by atoms with Crippen LogP contribution in [-0.2, 0) is 31.0 Å². The second-order valence-corrected chi connectivity index (χ2v) is 37.3. The molecule has 3 aliphatic rings. The van der Waals surface area contributed by atoms with E-state index in [0.717, 1.165) is 219 Å². The van der Waals surface area contributed by atoms with Crippen LogP contribution >= 0.6 is 0 Å². The van der Waals surface area contributed by atoms with Crippen LogP contribution < -0.4 is 53.9 Å². The number of sulfone groups is 1. The standard InChI is InChI=1S/C28H34N6O4S.C27H28FN7O.C24H23FN6O.C24H28N6O2/c1-32-18-20(16-30-32)28-17-29-26-7-6-21(14-27(26)31-28)34(22-12-23(37-2)15-24(13-22)38-3)10-5-9-33-11-8-25(19-33)39(4,35)36;1-33-18-20(15-31-33)27-16-30-25-5-4-22(13-26(25)32-27)35(23-10-21(28)11-24(12-23)36-2)8-3-7-34-9-6-19(14-29)17-34;1-26-24(32)16-7-18(25)9-20(8-16)31(13-15-3-4-15)19-5-6-21-22(10-19)29-23(12-27-21)17-11-28-30(2)14-17;1-16(2)25-7-8-30(19-9-20(31-3)12-21(10-19)32-4)18-5-6-22-23(11-18)29-24(15-26-22)17-13-27-28-14-17/h6-7,12-18,25H,5,8-11,19H2,1-4H3;4-5,10-13,15-16,18-19H,3,6-9,17H2,1-2H3;5-12,14-15H,3-4,13H2,1-2H3,(H,26,32);5-6,9-16,25H,7-8H2,1-4H3,(H,27,28). The molecule has 8 aromatic carbocycles. The molecule has 2 saturated heterocycles. The van der Waals surface area contributed by atoms with Crippen molar-refractivity contribution in [3.63, 3.8) is 0 Å². The van der Waals surface area contributed by atoms with E-state index in [9.17, 15) is 27.3 Å². The lowest BCUT2D eigenvalue weighted by Crippen LogP contribution is -2.32. The molecule has 1 aliphatic carbocycles. The van der Waals surface area contributed by atoms with E-state index < -0.39 is 15.7 Å². The highest BCUT2D eigenvalue weighted by atomic mass is 32.2. The minimum absolute atomic E-state index is 0.113. The summed E-state index contributed by atoms with van der Waals surface area (Å²) >= 11 is 0. The number of carbonyl (C=O) groups is 1. The van der Waals surface area contributed by atoms with Crippen molar-refractivity contribution in [3.8, 4) is 79.8 Å². The first-order valence-corrected chi connectivity index (χ1v) is 48.0. The lowest BCUT2D eigenvalue weighted by atomic mass is 10.1. The number of methoxy groups -OCH3 is 5. The van der Waals surface area contributed by atoms with Gasteiger partial charge in [0.1, 0.15) is 40.4 Å². The lowest BCUT2D eigenvalue weighted by molar-refractivity contribution is 0.0962. The van der Waals surface area contributed by atoms with Gasteiger partial charge < -0.3 is 63.7 Å². The number of amides is 1. The van der Waals surface area contributed by atoms with Gasteiger partial charge in [0.15, 0.2) is 9.84 Å². The van der Waals surface area contributed by atoms with Gasteiger partial charge in [-0.2, -0.15) is 25.7 Å². The maximum absolute atomic E-state index is 14.5. The number of hydrogen-bond donors (Lipinski definition) is 3. The van der Waals surface area contributed by atoms with Crippen molar-refractivity contribution in [2.24, 2.45) is 33.0 Å². The van der Waals surface area contributed by atoms with Gasteiger partial charge in [0.2, 0.25) is 0 Å². The summed E-state index contributed by atoms with van der Waals surface area (Å²) in [5, 5.41) is 34.5. The molecule has 3 N–H and O–H groups in total. The number of nitrogens with zero attached hydrogens (tertiary/aromatic N) is 22. The summed E-state index contributed by atoms with van der Waals surface area (Å²) < 4.78 is 85.5. The predicted molar refractivity (Wildman–Crippen MR) is 537 cm³/mol.